The van der Waals surface area contributed by atoms with Crippen molar-refractivity contribution in [2.45, 2.75) is 25.2 Å². The van der Waals surface area contributed by atoms with Crippen LogP contribution in [0.5, 0.6) is 0 Å². The molecular weight excluding hydrogens is 292 g/mol. The van der Waals surface area contributed by atoms with Crippen LogP contribution in [0.3, 0.4) is 0 Å². The standard InChI is InChI=1S/C17H18N4O2/c1-20-17(21-10-8-12-3-2-9-18-16(12)21)13(6-7-14(22)23)15(19-20)11-4-5-11/h2-3,6-7,9,11H,4-5,8,10H2,1H3,(H,22,23). The third kappa shape index (κ3) is 2.40. The van der Waals surface area contributed by atoms with Gasteiger partial charge in [0.2, 0.25) is 0 Å². The molecule has 0 bridgehead atoms. The first-order valence-electron chi connectivity index (χ1n) is 7.84. The Kier molecular flexibility index (Phi) is 3.18. The predicted molar refractivity (Wildman–Crippen MR) is 86.8 cm³/mol. The highest BCUT2D eigenvalue weighted by atomic mass is 16.4. The minimum absolute atomic E-state index is 0.453. The van der Waals surface area contributed by atoms with E-state index in [9.17, 15) is 4.79 Å². The maximum Gasteiger partial charge on any atom is 0.328 e. The number of hydrogen-bond donors (Lipinski definition) is 1. The maximum atomic E-state index is 11.0. The molecule has 4 rings (SSSR count). The molecule has 0 saturated heterocycles. The first kappa shape index (κ1) is 14.0. The average Bonchev–Trinajstić information content (AvgIpc) is 3.21. The fourth-order valence-corrected chi connectivity index (χ4v) is 3.26. The molecule has 0 unspecified atom stereocenters. The molecule has 0 aromatic carbocycles. The van der Waals surface area contributed by atoms with Crippen molar-refractivity contribution in [1.82, 2.24) is 14.8 Å². The summed E-state index contributed by atoms with van der Waals surface area (Å²) in [4.78, 5) is 17.6. The summed E-state index contributed by atoms with van der Waals surface area (Å²) in [5.41, 5.74) is 3.13. The number of aromatic nitrogens is 3. The Hall–Kier alpha value is -2.63. The number of nitrogens with zero attached hydrogens (tertiary/aromatic N) is 4. The molecule has 0 atom stereocenters. The van der Waals surface area contributed by atoms with Crippen LogP contribution >= 0.6 is 0 Å². The Morgan fingerprint density at radius 2 is 2.26 bits per heavy atom. The van der Waals surface area contributed by atoms with E-state index < -0.39 is 5.97 Å². The lowest BCUT2D eigenvalue weighted by atomic mass is 10.1. The second-order valence-electron chi connectivity index (χ2n) is 6.08. The molecule has 0 amide bonds. The zero-order valence-electron chi connectivity index (χ0n) is 12.9. The number of pyridine rings is 1. The maximum absolute atomic E-state index is 11.0. The van der Waals surface area contributed by atoms with Gasteiger partial charge in [-0.05, 0) is 37.0 Å². The second kappa shape index (κ2) is 5.22. The molecule has 118 valence electrons. The topological polar surface area (TPSA) is 71.2 Å². The number of carboxylic acids is 1. The first-order chi connectivity index (χ1) is 11.1. The van der Waals surface area contributed by atoms with Crippen molar-refractivity contribution < 1.29 is 9.90 Å². The highest BCUT2D eigenvalue weighted by molar-refractivity contribution is 5.88. The fourth-order valence-electron chi connectivity index (χ4n) is 3.26. The summed E-state index contributed by atoms with van der Waals surface area (Å²) in [6, 6.07) is 4.04. The van der Waals surface area contributed by atoms with Crippen LogP contribution in [0, 0.1) is 0 Å². The molecule has 1 aliphatic heterocycles. The molecule has 2 aromatic rings. The molecule has 6 heteroatoms. The van der Waals surface area contributed by atoms with Gasteiger partial charge in [-0.1, -0.05) is 6.07 Å². The molecule has 1 fully saturated rings. The number of anilines is 2. The summed E-state index contributed by atoms with van der Waals surface area (Å²) in [5, 5.41) is 13.7. The summed E-state index contributed by atoms with van der Waals surface area (Å²) in [7, 11) is 1.92. The zero-order chi connectivity index (χ0) is 16.0. The molecule has 3 heterocycles. The van der Waals surface area contributed by atoms with E-state index >= 15 is 0 Å². The smallest absolute Gasteiger partial charge is 0.328 e. The molecule has 23 heavy (non-hydrogen) atoms. The van der Waals surface area contributed by atoms with Gasteiger partial charge < -0.3 is 10.0 Å². The SMILES string of the molecule is Cn1nc(C2CC2)c(C=CC(=O)O)c1N1CCc2cccnc21. The van der Waals surface area contributed by atoms with Gasteiger partial charge in [0.25, 0.3) is 0 Å². The van der Waals surface area contributed by atoms with E-state index in [1.807, 2.05) is 17.8 Å². The van der Waals surface area contributed by atoms with Gasteiger partial charge in [0.1, 0.15) is 11.6 Å². The van der Waals surface area contributed by atoms with Crippen molar-refractivity contribution in [3.63, 3.8) is 0 Å². The number of carbonyl (C=O) groups is 1. The molecule has 1 N–H and O–H groups in total. The zero-order valence-corrected chi connectivity index (χ0v) is 12.9. The van der Waals surface area contributed by atoms with Crippen LogP contribution in [-0.4, -0.2) is 32.4 Å². The first-order valence-corrected chi connectivity index (χ1v) is 7.84. The Labute approximate surface area is 134 Å². The number of hydrogen-bond acceptors (Lipinski definition) is 4. The van der Waals surface area contributed by atoms with Gasteiger partial charge >= 0.3 is 5.97 Å². The largest absolute Gasteiger partial charge is 0.478 e. The van der Waals surface area contributed by atoms with Crippen molar-refractivity contribution >= 4 is 23.7 Å². The highest BCUT2D eigenvalue weighted by Crippen LogP contribution is 2.45. The third-order valence-corrected chi connectivity index (χ3v) is 4.42. The van der Waals surface area contributed by atoms with Crippen molar-refractivity contribution in [3.05, 3.63) is 41.2 Å². The van der Waals surface area contributed by atoms with Crippen LogP contribution in [0.1, 0.15) is 35.6 Å². The number of aliphatic carboxylic acids is 1. The monoisotopic (exact) mass is 310 g/mol. The van der Waals surface area contributed by atoms with Gasteiger partial charge in [-0.3, -0.25) is 4.68 Å². The van der Waals surface area contributed by atoms with Gasteiger partial charge in [0, 0.05) is 37.3 Å². The molecule has 1 aliphatic carbocycles. The Bertz CT molecular complexity index is 805. The molecule has 0 spiro atoms. The summed E-state index contributed by atoms with van der Waals surface area (Å²) < 4.78 is 1.86. The molecule has 2 aromatic heterocycles. The van der Waals surface area contributed by atoms with Gasteiger partial charge in [0.05, 0.1) is 5.69 Å². The van der Waals surface area contributed by atoms with Crippen LogP contribution in [0.4, 0.5) is 11.6 Å². The quantitative estimate of drug-likeness (QED) is 0.879. The summed E-state index contributed by atoms with van der Waals surface area (Å²) >= 11 is 0. The van der Waals surface area contributed by atoms with Crippen molar-refractivity contribution in [2.75, 3.05) is 11.4 Å². The van der Waals surface area contributed by atoms with Crippen LogP contribution in [0.25, 0.3) is 6.08 Å². The van der Waals surface area contributed by atoms with E-state index in [1.165, 1.54) is 11.6 Å². The van der Waals surface area contributed by atoms with E-state index in [1.54, 1.807) is 12.3 Å². The lowest BCUT2D eigenvalue weighted by Crippen LogP contribution is -2.18. The lowest BCUT2D eigenvalue weighted by molar-refractivity contribution is -0.131. The third-order valence-electron chi connectivity index (χ3n) is 4.42. The van der Waals surface area contributed by atoms with E-state index in [0.717, 1.165) is 48.7 Å². The fraction of sp³-hybridized carbons (Fsp3) is 0.353. The molecule has 0 radical (unpaired) electrons. The number of fused-ring (bicyclic) bond motifs is 1. The van der Waals surface area contributed by atoms with Crippen molar-refractivity contribution in [1.29, 1.82) is 0 Å². The van der Waals surface area contributed by atoms with E-state index in [0.29, 0.717) is 5.92 Å². The van der Waals surface area contributed by atoms with Gasteiger partial charge in [-0.15, -0.1) is 0 Å². The van der Waals surface area contributed by atoms with Gasteiger partial charge in [0.15, 0.2) is 0 Å². The summed E-state index contributed by atoms with van der Waals surface area (Å²) in [6.45, 7) is 0.837. The second-order valence-corrected chi connectivity index (χ2v) is 6.08. The lowest BCUT2D eigenvalue weighted by Gasteiger charge is -2.19. The number of aryl methyl sites for hydroxylation is 1. The number of rotatable bonds is 4. The molecule has 1 saturated carbocycles. The Balaban J connectivity index is 1.83. The Morgan fingerprint density at radius 1 is 1.43 bits per heavy atom. The molecule has 2 aliphatic rings. The Morgan fingerprint density at radius 3 is 3.00 bits per heavy atom. The van der Waals surface area contributed by atoms with Crippen LogP contribution in [0.15, 0.2) is 24.4 Å². The van der Waals surface area contributed by atoms with E-state index in [-0.39, 0.29) is 0 Å². The minimum Gasteiger partial charge on any atom is -0.478 e. The molecular formula is C17H18N4O2. The van der Waals surface area contributed by atoms with Crippen LogP contribution < -0.4 is 4.90 Å². The average molecular weight is 310 g/mol. The van der Waals surface area contributed by atoms with Gasteiger partial charge in [-0.2, -0.15) is 5.10 Å². The number of carboxylic acid groups (broad SMARTS) is 1. The highest BCUT2D eigenvalue weighted by Gasteiger charge is 2.33. The predicted octanol–water partition coefficient (Wildman–Crippen LogP) is 2.48. The summed E-state index contributed by atoms with van der Waals surface area (Å²) in [5.74, 6) is 1.39. The van der Waals surface area contributed by atoms with Gasteiger partial charge in [-0.25, -0.2) is 9.78 Å². The van der Waals surface area contributed by atoms with Crippen LogP contribution in [0.2, 0.25) is 0 Å². The van der Waals surface area contributed by atoms with Crippen molar-refractivity contribution in [2.24, 2.45) is 7.05 Å². The van der Waals surface area contributed by atoms with E-state index in [2.05, 4.69) is 21.0 Å². The van der Waals surface area contributed by atoms with Crippen LogP contribution in [-0.2, 0) is 18.3 Å². The summed E-state index contributed by atoms with van der Waals surface area (Å²) in [6.07, 6.45) is 7.86. The minimum atomic E-state index is -0.943. The normalized spacial score (nSPS) is 17.0. The molecule has 6 nitrogen and oxygen atoms in total. The van der Waals surface area contributed by atoms with E-state index in [4.69, 9.17) is 5.11 Å². The van der Waals surface area contributed by atoms with Crippen molar-refractivity contribution in [3.8, 4) is 0 Å².